The zero-order chi connectivity index (χ0) is 20.9. The van der Waals surface area contributed by atoms with E-state index >= 15 is 0 Å². The molecule has 1 atom stereocenters. The third-order valence-corrected chi connectivity index (χ3v) is 3.54. The van der Waals surface area contributed by atoms with Crippen molar-refractivity contribution >= 4 is 12.3 Å². The van der Waals surface area contributed by atoms with Gasteiger partial charge in [-0.15, -0.1) is 0 Å². The summed E-state index contributed by atoms with van der Waals surface area (Å²) in [7, 11) is 0. The first kappa shape index (κ1) is 25.4. The number of aldehydes is 1. The summed E-state index contributed by atoms with van der Waals surface area (Å²) in [5, 5.41) is 17.8. The lowest BCUT2D eigenvalue weighted by atomic mass is 10.2. The predicted molar refractivity (Wildman–Crippen MR) is 111 cm³/mol. The van der Waals surface area contributed by atoms with Crippen molar-refractivity contribution in [2.24, 2.45) is 0 Å². The summed E-state index contributed by atoms with van der Waals surface area (Å²) in [6.07, 6.45) is 10.5. The van der Waals surface area contributed by atoms with E-state index in [0.29, 0.717) is 12.8 Å². The largest absolute Gasteiger partial charge is 0.490 e. The minimum Gasteiger partial charge on any atom is -0.490 e. The van der Waals surface area contributed by atoms with Crippen molar-refractivity contribution in [3.05, 3.63) is 42.5 Å². The van der Waals surface area contributed by atoms with Crippen molar-refractivity contribution in [2.75, 3.05) is 6.61 Å². The fraction of sp³-hybridized carbons (Fsp3) is 0.478. The Morgan fingerprint density at radius 3 is 2.50 bits per heavy atom. The molecule has 154 valence electrons. The molecule has 0 aliphatic heterocycles. The number of carbonyl (C=O) groups excluding carboxylic acids is 1. The van der Waals surface area contributed by atoms with E-state index in [1.807, 2.05) is 36.4 Å². The molecule has 1 aromatic rings. The second-order valence-electron chi connectivity index (χ2n) is 6.13. The molecule has 0 spiro atoms. The number of ether oxygens (including phenoxy) is 1. The molecule has 0 saturated carbocycles. The monoisotopic (exact) mass is 388 g/mol. The van der Waals surface area contributed by atoms with Crippen LogP contribution in [0.2, 0.25) is 0 Å². The molecular formula is C23H32O5. The van der Waals surface area contributed by atoms with Gasteiger partial charge in [0.1, 0.15) is 24.7 Å². The number of carbonyl (C=O) groups is 2. The number of rotatable bonds is 12. The second-order valence-corrected chi connectivity index (χ2v) is 6.13. The minimum absolute atomic E-state index is 0.157. The standard InChI is InChI=1S/C17H20O3.C6H12O2/c18-14-10-5-3-1-2-4-7-11-16(19)15-20-17-12-8-6-9-13-17;1-2-3-4-5-6(7)8/h2,4,6,8-9,12-14,16,19H,1,3,5,10,15H2;2-5H2,1H3,(H,7,8)/b4-2-;. The molecular weight excluding hydrogens is 356 g/mol. The molecule has 0 saturated heterocycles. The third kappa shape index (κ3) is 18.2. The quantitative estimate of drug-likeness (QED) is 0.315. The first-order chi connectivity index (χ1) is 13.6. The Morgan fingerprint density at radius 1 is 1.14 bits per heavy atom. The van der Waals surface area contributed by atoms with Crippen LogP contribution in [0.25, 0.3) is 0 Å². The summed E-state index contributed by atoms with van der Waals surface area (Å²) < 4.78 is 5.38. The fourth-order valence-electron chi connectivity index (χ4n) is 2.04. The Labute approximate surface area is 168 Å². The summed E-state index contributed by atoms with van der Waals surface area (Å²) in [4.78, 5) is 20.0. The van der Waals surface area contributed by atoms with Gasteiger partial charge in [0.2, 0.25) is 0 Å². The molecule has 0 amide bonds. The van der Waals surface area contributed by atoms with Crippen molar-refractivity contribution in [2.45, 2.75) is 64.4 Å². The number of benzene rings is 1. The van der Waals surface area contributed by atoms with Crippen LogP contribution < -0.4 is 4.74 Å². The van der Waals surface area contributed by atoms with Crippen LogP contribution in [-0.2, 0) is 9.59 Å². The van der Waals surface area contributed by atoms with Gasteiger partial charge in [-0.25, -0.2) is 0 Å². The number of aliphatic hydroxyl groups is 1. The van der Waals surface area contributed by atoms with E-state index < -0.39 is 12.1 Å². The topological polar surface area (TPSA) is 83.8 Å². The van der Waals surface area contributed by atoms with Gasteiger partial charge in [-0.05, 0) is 43.9 Å². The lowest BCUT2D eigenvalue weighted by molar-refractivity contribution is -0.137. The van der Waals surface area contributed by atoms with Crippen molar-refractivity contribution in [1.82, 2.24) is 0 Å². The van der Waals surface area contributed by atoms with E-state index in [0.717, 1.165) is 50.6 Å². The summed E-state index contributed by atoms with van der Waals surface area (Å²) in [6.45, 7) is 2.21. The molecule has 0 aliphatic carbocycles. The number of unbranched alkanes of at least 4 members (excludes halogenated alkanes) is 5. The highest BCUT2D eigenvalue weighted by Crippen LogP contribution is 2.08. The van der Waals surface area contributed by atoms with Crippen molar-refractivity contribution in [3.63, 3.8) is 0 Å². The van der Waals surface area contributed by atoms with E-state index in [1.54, 1.807) is 6.08 Å². The van der Waals surface area contributed by atoms with E-state index in [9.17, 15) is 14.7 Å². The summed E-state index contributed by atoms with van der Waals surface area (Å²) in [5.41, 5.74) is 0. The van der Waals surface area contributed by atoms with Gasteiger partial charge >= 0.3 is 5.97 Å². The zero-order valence-corrected chi connectivity index (χ0v) is 16.7. The van der Waals surface area contributed by atoms with E-state index in [-0.39, 0.29) is 6.61 Å². The van der Waals surface area contributed by atoms with Crippen molar-refractivity contribution < 1.29 is 24.5 Å². The zero-order valence-electron chi connectivity index (χ0n) is 16.7. The van der Waals surface area contributed by atoms with E-state index in [4.69, 9.17) is 9.84 Å². The summed E-state index contributed by atoms with van der Waals surface area (Å²) >= 11 is 0. The maximum Gasteiger partial charge on any atom is 0.303 e. The lowest BCUT2D eigenvalue weighted by Crippen LogP contribution is -2.14. The van der Waals surface area contributed by atoms with Crippen molar-refractivity contribution in [3.8, 4) is 17.6 Å². The number of aliphatic carboxylic acids is 1. The smallest absolute Gasteiger partial charge is 0.303 e. The molecule has 0 aromatic heterocycles. The van der Waals surface area contributed by atoms with Gasteiger partial charge in [-0.1, -0.05) is 55.9 Å². The molecule has 0 bridgehead atoms. The van der Waals surface area contributed by atoms with Crippen LogP contribution in [0.4, 0.5) is 0 Å². The summed E-state index contributed by atoms with van der Waals surface area (Å²) in [5.74, 6) is 5.51. The van der Waals surface area contributed by atoms with Crippen molar-refractivity contribution in [1.29, 1.82) is 0 Å². The van der Waals surface area contributed by atoms with E-state index in [2.05, 4.69) is 18.8 Å². The average molecular weight is 389 g/mol. The Hall–Kier alpha value is -2.58. The second kappa shape index (κ2) is 19.2. The van der Waals surface area contributed by atoms with Crippen LogP contribution in [0, 0.1) is 11.8 Å². The first-order valence-corrected chi connectivity index (χ1v) is 9.77. The molecule has 5 nitrogen and oxygen atoms in total. The third-order valence-electron chi connectivity index (χ3n) is 3.54. The maximum absolute atomic E-state index is 10.1. The SMILES string of the molecule is CCCCCC(=O)O.O=CCCCC/C=C\C#CC(O)COc1ccccc1. The highest BCUT2D eigenvalue weighted by atomic mass is 16.5. The Balaban J connectivity index is 0.000000769. The average Bonchev–Trinajstić information content (AvgIpc) is 2.70. The minimum atomic E-state index is -0.796. The van der Waals surface area contributed by atoms with Crippen LogP contribution >= 0.6 is 0 Å². The van der Waals surface area contributed by atoms with Gasteiger partial charge in [0, 0.05) is 12.8 Å². The number of allylic oxidation sites excluding steroid dienone is 2. The van der Waals surface area contributed by atoms with Gasteiger partial charge < -0.3 is 19.7 Å². The maximum atomic E-state index is 10.1. The Bertz CT molecular complexity index is 598. The lowest BCUT2D eigenvalue weighted by Gasteiger charge is -2.06. The summed E-state index contributed by atoms with van der Waals surface area (Å²) in [6, 6.07) is 9.32. The molecule has 5 heteroatoms. The number of aliphatic hydroxyl groups excluding tert-OH is 1. The Morgan fingerprint density at radius 2 is 1.86 bits per heavy atom. The highest BCUT2D eigenvalue weighted by molar-refractivity contribution is 5.66. The molecule has 1 unspecified atom stereocenters. The number of hydrogen-bond acceptors (Lipinski definition) is 4. The van der Waals surface area contributed by atoms with Gasteiger partial charge in [0.25, 0.3) is 0 Å². The molecule has 0 aliphatic rings. The molecule has 0 radical (unpaired) electrons. The van der Waals surface area contributed by atoms with Crippen LogP contribution in [0.1, 0.15) is 58.3 Å². The molecule has 0 fully saturated rings. The molecule has 0 heterocycles. The number of hydrogen-bond donors (Lipinski definition) is 2. The van der Waals surface area contributed by atoms with Crippen LogP contribution in [0.3, 0.4) is 0 Å². The van der Waals surface area contributed by atoms with Crippen LogP contribution in [0.5, 0.6) is 5.75 Å². The van der Waals surface area contributed by atoms with Gasteiger partial charge in [0.15, 0.2) is 0 Å². The number of carboxylic acids is 1. The molecule has 28 heavy (non-hydrogen) atoms. The van der Waals surface area contributed by atoms with Gasteiger partial charge in [0.05, 0.1) is 0 Å². The highest BCUT2D eigenvalue weighted by Gasteiger charge is 1.99. The fourth-order valence-corrected chi connectivity index (χ4v) is 2.04. The van der Waals surface area contributed by atoms with Gasteiger partial charge in [-0.2, -0.15) is 0 Å². The number of carboxylic acid groups (broad SMARTS) is 1. The van der Waals surface area contributed by atoms with Crippen LogP contribution in [-0.4, -0.2) is 35.2 Å². The normalized spacial score (nSPS) is 10.9. The predicted octanol–water partition coefficient (Wildman–Crippen LogP) is 4.40. The first-order valence-electron chi connectivity index (χ1n) is 9.77. The molecule has 1 rings (SSSR count). The number of para-hydroxylation sites is 1. The van der Waals surface area contributed by atoms with Gasteiger partial charge in [-0.3, -0.25) is 4.79 Å². The van der Waals surface area contributed by atoms with Crippen LogP contribution in [0.15, 0.2) is 42.5 Å². The Kier molecular flexibility index (Phi) is 17.4. The van der Waals surface area contributed by atoms with E-state index in [1.165, 1.54) is 0 Å². The molecule has 1 aromatic carbocycles. The molecule has 2 N–H and O–H groups in total.